The van der Waals surface area contributed by atoms with Crippen molar-refractivity contribution in [2.45, 2.75) is 123 Å². The van der Waals surface area contributed by atoms with Crippen molar-refractivity contribution in [1.82, 2.24) is 0 Å². The number of hydrogen-bond donors (Lipinski definition) is 3. The molecule has 0 aliphatic heterocycles. The number of hydrogen-bond acceptors (Lipinski definition) is 3. The van der Waals surface area contributed by atoms with Crippen LogP contribution in [0, 0.1) is 40.4 Å². The monoisotopic (exact) mass is 432 g/mol. The normalized spacial score (nSPS) is 51.3. The van der Waals surface area contributed by atoms with Crippen LogP contribution in [0.1, 0.15) is 106 Å². The fourth-order valence-electron chi connectivity index (χ4n) is 9.65. The molecule has 4 aliphatic rings. The van der Waals surface area contributed by atoms with Gasteiger partial charge in [0, 0.05) is 5.92 Å². The summed E-state index contributed by atoms with van der Waals surface area (Å²) in [5.74, 6) is 1.87. The van der Waals surface area contributed by atoms with Crippen LogP contribution in [0.2, 0.25) is 0 Å². The van der Waals surface area contributed by atoms with Crippen LogP contribution in [0.3, 0.4) is 0 Å². The first-order chi connectivity index (χ1) is 14.4. The summed E-state index contributed by atoms with van der Waals surface area (Å²) >= 11 is 0. The van der Waals surface area contributed by atoms with Gasteiger partial charge < -0.3 is 15.3 Å². The van der Waals surface area contributed by atoms with Crippen LogP contribution < -0.4 is 0 Å². The van der Waals surface area contributed by atoms with E-state index in [9.17, 15) is 15.3 Å². The number of fused-ring (bicyclic) bond motifs is 5. The predicted molar refractivity (Wildman–Crippen MR) is 127 cm³/mol. The Bertz CT molecular complexity index is 709. The third-order valence-corrected chi connectivity index (χ3v) is 11.2. The Hall–Kier alpha value is -0.380. The average Bonchev–Trinajstić information content (AvgIpc) is 3.04. The van der Waals surface area contributed by atoms with E-state index in [0.29, 0.717) is 23.7 Å². The SMILES string of the molecule is CC(C)=CCC[C@](C)(O)C1CCC2[C@]3(C)CCC4C(C)[C@@H](O)CC[C@]4(C)C3CC[C@@]21O. The molecule has 0 amide bonds. The van der Waals surface area contributed by atoms with Crippen molar-refractivity contribution in [1.29, 1.82) is 0 Å². The minimum absolute atomic E-state index is 0.0223. The maximum atomic E-state index is 12.2. The molecule has 178 valence electrons. The molecule has 4 saturated carbocycles. The Kier molecular flexibility index (Phi) is 6.01. The van der Waals surface area contributed by atoms with Crippen LogP contribution in [-0.4, -0.2) is 32.6 Å². The second kappa shape index (κ2) is 7.84. The minimum Gasteiger partial charge on any atom is -0.393 e. The summed E-state index contributed by atoms with van der Waals surface area (Å²) in [5, 5.41) is 34.2. The number of allylic oxidation sites excluding steroid dienone is 2. The van der Waals surface area contributed by atoms with Crippen LogP contribution in [-0.2, 0) is 0 Å². The van der Waals surface area contributed by atoms with Gasteiger partial charge in [-0.3, -0.25) is 0 Å². The molecule has 5 unspecified atom stereocenters. The van der Waals surface area contributed by atoms with Crippen LogP contribution in [0.25, 0.3) is 0 Å². The molecule has 4 aliphatic carbocycles. The standard InChI is InChI=1S/C28H48O3/c1-18(2)8-7-14-27(6,30)24-10-9-23-26(5)15-11-20-19(3)21(29)12-16-25(20,4)22(26)13-17-28(23,24)31/h8,19-24,29-31H,7,9-17H2,1-6H3/t19?,20?,21-,22?,23?,24?,25-,26+,27-,28+/m0/s1. The molecule has 0 aromatic carbocycles. The summed E-state index contributed by atoms with van der Waals surface area (Å²) in [6.45, 7) is 13.5. The zero-order chi connectivity index (χ0) is 22.8. The zero-order valence-corrected chi connectivity index (χ0v) is 21.0. The average molecular weight is 433 g/mol. The molecular weight excluding hydrogens is 384 g/mol. The molecule has 10 atom stereocenters. The molecule has 3 N–H and O–H groups in total. The molecule has 0 spiro atoms. The lowest BCUT2D eigenvalue weighted by Crippen LogP contribution is -2.64. The van der Waals surface area contributed by atoms with E-state index in [1.165, 1.54) is 12.0 Å². The lowest BCUT2D eigenvalue weighted by atomic mass is 9.39. The van der Waals surface area contributed by atoms with Crippen molar-refractivity contribution in [2.75, 3.05) is 0 Å². The van der Waals surface area contributed by atoms with Crippen molar-refractivity contribution < 1.29 is 15.3 Å². The first kappa shape index (κ1) is 23.8. The molecule has 3 heteroatoms. The molecular formula is C28H48O3. The Morgan fingerprint density at radius 3 is 2.32 bits per heavy atom. The highest BCUT2D eigenvalue weighted by atomic mass is 16.3. The van der Waals surface area contributed by atoms with Crippen molar-refractivity contribution in [2.24, 2.45) is 40.4 Å². The second-order valence-electron chi connectivity index (χ2n) is 13.1. The van der Waals surface area contributed by atoms with E-state index < -0.39 is 11.2 Å². The maximum absolute atomic E-state index is 12.2. The minimum atomic E-state index is -0.816. The molecule has 4 rings (SSSR count). The molecule has 4 fully saturated rings. The fourth-order valence-corrected chi connectivity index (χ4v) is 9.65. The lowest BCUT2D eigenvalue weighted by molar-refractivity contribution is -0.226. The Labute approximate surface area is 190 Å². The van der Waals surface area contributed by atoms with E-state index in [-0.39, 0.29) is 22.9 Å². The summed E-state index contributed by atoms with van der Waals surface area (Å²) in [4.78, 5) is 0. The molecule has 0 heterocycles. The maximum Gasteiger partial charge on any atom is 0.0736 e. The smallest absolute Gasteiger partial charge is 0.0736 e. The fraction of sp³-hybridized carbons (Fsp3) is 0.929. The molecule has 31 heavy (non-hydrogen) atoms. The molecule has 0 aromatic rings. The van der Waals surface area contributed by atoms with E-state index in [0.717, 1.165) is 57.8 Å². The third kappa shape index (κ3) is 3.56. The van der Waals surface area contributed by atoms with Gasteiger partial charge in [-0.1, -0.05) is 32.4 Å². The van der Waals surface area contributed by atoms with Gasteiger partial charge >= 0.3 is 0 Å². The summed E-state index contributed by atoms with van der Waals surface area (Å²) in [5.41, 5.74) is 0.164. The summed E-state index contributed by atoms with van der Waals surface area (Å²) in [6.07, 6.45) is 12.0. The molecule has 0 bridgehead atoms. The van der Waals surface area contributed by atoms with E-state index in [2.05, 4.69) is 40.7 Å². The summed E-state index contributed by atoms with van der Waals surface area (Å²) in [7, 11) is 0. The van der Waals surface area contributed by atoms with Gasteiger partial charge in [-0.25, -0.2) is 0 Å². The largest absolute Gasteiger partial charge is 0.393 e. The molecule has 0 aromatic heterocycles. The molecule has 3 nitrogen and oxygen atoms in total. The van der Waals surface area contributed by atoms with Crippen molar-refractivity contribution in [3.63, 3.8) is 0 Å². The quantitative estimate of drug-likeness (QED) is 0.487. The Morgan fingerprint density at radius 2 is 1.65 bits per heavy atom. The van der Waals surface area contributed by atoms with E-state index in [1.807, 2.05) is 6.92 Å². The van der Waals surface area contributed by atoms with Crippen molar-refractivity contribution in [3.05, 3.63) is 11.6 Å². The van der Waals surface area contributed by atoms with Crippen LogP contribution in [0.15, 0.2) is 11.6 Å². The van der Waals surface area contributed by atoms with Gasteiger partial charge in [-0.15, -0.1) is 0 Å². The second-order valence-corrected chi connectivity index (χ2v) is 13.1. The molecule has 0 saturated heterocycles. The summed E-state index contributed by atoms with van der Waals surface area (Å²) in [6, 6.07) is 0. The topological polar surface area (TPSA) is 60.7 Å². The van der Waals surface area contributed by atoms with E-state index in [4.69, 9.17) is 0 Å². The van der Waals surface area contributed by atoms with Crippen molar-refractivity contribution in [3.8, 4) is 0 Å². The van der Waals surface area contributed by atoms with Gasteiger partial charge in [0.1, 0.15) is 0 Å². The van der Waals surface area contributed by atoms with Gasteiger partial charge in [-0.2, -0.15) is 0 Å². The predicted octanol–water partition coefficient (Wildman–Crippen LogP) is 5.86. The van der Waals surface area contributed by atoms with Crippen molar-refractivity contribution >= 4 is 0 Å². The van der Waals surface area contributed by atoms with Crippen LogP contribution in [0.5, 0.6) is 0 Å². The zero-order valence-electron chi connectivity index (χ0n) is 21.0. The highest BCUT2D eigenvalue weighted by molar-refractivity contribution is 5.18. The van der Waals surface area contributed by atoms with Gasteiger partial charge in [0.2, 0.25) is 0 Å². The number of aliphatic hydroxyl groups excluding tert-OH is 1. The van der Waals surface area contributed by atoms with Gasteiger partial charge in [0.05, 0.1) is 17.3 Å². The lowest BCUT2D eigenvalue weighted by Gasteiger charge is -2.66. The Morgan fingerprint density at radius 1 is 0.968 bits per heavy atom. The van der Waals surface area contributed by atoms with Crippen LogP contribution >= 0.6 is 0 Å². The van der Waals surface area contributed by atoms with Gasteiger partial charge in [0.25, 0.3) is 0 Å². The summed E-state index contributed by atoms with van der Waals surface area (Å²) < 4.78 is 0. The number of rotatable bonds is 4. The first-order valence-electron chi connectivity index (χ1n) is 13.1. The van der Waals surface area contributed by atoms with E-state index in [1.54, 1.807) is 0 Å². The van der Waals surface area contributed by atoms with Crippen LogP contribution in [0.4, 0.5) is 0 Å². The Balaban J connectivity index is 1.59. The molecule has 0 radical (unpaired) electrons. The van der Waals surface area contributed by atoms with Gasteiger partial charge in [0.15, 0.2) is 0 Å². The first-order valence-corrected chi connectivity index (χ1v) is 13.1. The highest BCUT2D eigenvalue weighted by Crippen LogP contribution is 2.71. The van der Waals surface area contributed by atoms with Gasteiger partial charge in [-0.05, 0) is 119 Å². The third-order valence-electron chi connectivity index (χ3n) is 11.2. The number of aliphatic hydroxyl groups is 3. The van der Waals surface area contributed by atoms with E-state index >= 15 is 0 Å². The highest BCUT2D eigenvalue weighted by Gasteiger charge is 2.68.